The average molecular weight is 426 g/mol. The maximum absolute atomic E-state index is 12.6. The van der Waals surface area contributed by atoms with E-state index in [2.05, 4.69) is 15.9 Å². The summed E-state index contributed by atoms with van der Waals surface area (Å²) >= 11 is 3.42. The van der Waals surface area contributed by atoms with E-state index in [0.717, 1.165) is 17.3 Å². The standard InChI is InChI=1S/C18H24BrN3O4/c1-18(2)16(24)22(17(25)21(18)4)11-5-7-12(8-6-11)26-14-9-15(23)20(3)10-13(14)19/h9-12H,5-8H2,1-4H3/t11-,12-. The number of nitrogens with zero attached hydrogens (tertiary/aromatic N) is 3. The molecule has 26 heavy (non-hydrogen) atoms. The molecule has 0 radical (unpaired) electrons. The lowest BCUT2D eigenvalue weighted by atomic mass is 9.91. The van der Waals surface area contributed by atoms with Crippen molar-refractivity contribution in [2.45, 2.75) is 57.2 Å². The van der Waals surface area contributed by atoms with Crippen LogP contribution >= 0.6 is 15.9 Å². The van der Waals surface area contributed by atoms with Crippen LogP contribution in [-0.4, -0.2) is 51.0 Å². The first-order valence-electron chi connectivity index (χ1n) is 8.77. The molecule has 1 aromatic rings. The Morgan fingerprint density at radius 2 is 1.73 bits per heavy atom. The van der Waals surface area contributed by atoms with Gasteiger partial charge in [0, 0.05) is 32.4 Å². The Balaban J connectivity index is 1.65. The zero-order valence-electron chi connectivity index (χ0n) is 15.5. The summed E-state index contributed by atoms with van der Waals surface area (Å²) in [5.74, 6) is 0.398. The van der Waals surface area contributed by atoms with Gasteiger partial charge >= 0.3 is 6.03 Å². The Hall–Kier alpha value is -1.83. The lowest BCUT2D eigenvalue weighted by Gasteiger charge is -2.33. The number of halogens is 1. The second-order valence-corrected chi connectivity index (χ2v) is 8.41. The van der Waals surface area contributed by atoms with Crippen LogP contribution in [0.4, 0.5) is 4.79 Å². The Morgan fingerprint density at radius 1 is 1.12 bits per heavy atom. The fraction of sp³-hybridized carbons (Fsp3) is 0.611. The number of imide groups is 1. The minimum absolute atomic E-state index is 0.0341. The van der Waals surface area contributed by atoms with Gasteiger partial charge in [-0.25, -0.2) is 4.79 Å². The van der Waals surface area contributed by atoms with Crippen LogP contribution in [0.1, 0.15) is 39.5 Å². The van der Waals surface area contributed by atoms with E-state index in [1.165, 1.54) is 20.4 Å². The summed E-state index contributed by atoms with van der Waals surface area (Å²) in [6, 6.07) is 1.16. The molecule has 2 heterocycles. The van der Waals surface area contributed by atoms with Crippen molar-refractivity contribution in [3.63, 3.8) is 0 Å². The van der Waals surface area contributed by atoms with E-state index in [0.29, 0.717) is 18.6 Å². The molecular formula is C18H24BrN3O4. The SMILES string of the molecule is CN1C(=O)N([C@H]2CC[C@H](Oc3cc(=O)n(C)cc3Br)CC2)C(=O)C1(C)C. The first kappa shape index (κ1) is 18.9. The van der Waals surface area contributed by atoms with Gasteiger partial charge in [-0.05, 0) is 55.5 Å². The zero-order valence-corrected chi connectivity index (χ0v) is 17.1. The normalized spacial score (nSPS) is 25.7. The monoisotopic (exact) mass is 425 g/mol. The van der Waals surface area contributed by atoms with Crippen LogP contribution in [0, 0.1) is 0 Å². The molecule has 0 aromatic carbocycles. The van der Waals surface area contributed by atoms with Crippen molar-refractivity contribution in [3.8, 4) is 5.75 Å². The van der Waals surface area contributed by atoms with Gasteiger partial charge in [0.25, 0.3) is 11.5 Å². The molecule has 1 aliphatic carbocycles. The fourth-order valence-electron chi connectivity index (χ4n) is 3.52. The van der Waals surface area contributed by atoms with Crippen LogP contribution in [0.2, 0.25) is 0 Å². The highest BCUT2D eigenvalue weighted by Gasteiger charge is 2.51. The van der Waals surface area contributed by atoms with Crippen molar-refractivity contribution in [1.29, 1.82) is 0 Å². The van der Waals surface area contributed by atoms with Gasteiger partial charge in [0.1, 0.15) is 11.3 Å². The van der Waals surface area contributed by atoms with Crippen molar-refractivity contribution < 1.29 is 14.3 Å². The number of hydrogen-bond acceptors (Lipinski definition) is 4. The summed E-state index contributed by atoms with van der Waals surface area (Å²) in [4.78, 5) is 39.8. The molecule has 1 aliphatic heterocycles. The third kappa shape index (κ3) is 3.15. The molecule has 1 saturated heterocycles. The Labute approximate surface area is 161 Å². The maximum Gasteiger partial charge on any atom is 0.327 e. The van der Waals surface area contributed by atoms with Crippen molar-refractivity contribution >= 4 is 27.9 Å². The molecule has 0 bridgehead atoms. The number of rotatable bonds is 3. The number of hydrogen-bond donors (Lipinski definition) is 0. The van der Waals surface area contributed by atoms with E-state index in [9.17, 15) is 14.4 Å². The molecule has 1 aromatic heterocycles. The van der Waals surface area contributed by atoms with E-state index in [-0.39, 0.29) is 29.6 Å². The summed E-state index contributed by atoms with van der Waals surface area (Å²) in [5, 5.41) is 0. The second-order valence-electron chi connectivity index (χ2n) is 7.56. The van der Waals surface area contributed by atoms with Crippen LogP contribution in [0.3, 0.4) is 0 Å². The van der Waals surface area contributed by atoms with Gasteiger partial charge in [-0.3, -0.25) is 14.5 Å². The van der Waals surface area contributed by atoms with Crippen molar-refractivity contribution in [2.75, 3.05) is 7.05 Å². The van der Waals surface area contributed by atoms with Gasteiger partial charge in [-0.2, -0.15) is 0 Å². The van der Waals surface area contributed by atoms with Gasteiger partial charge in [0.05, 0.1) is 10.6 Å². The molecule has 7 nitrogen and oxygen atoms in total. The lowest BCUT2D eigenvalue weighted by Crippen LogP contribution is -2.45. The number of carbonyl (C=O) groups excluding carboxylic acids is 2. The number of carbonyl (C=O) groups is 2. The summed E-state index contributed by atoms with van der Waals surface area (Å²) in [6.07, 6.45) is 4.51. The Kier molecular flexibility index (Phi) is 4.90. The van der Waals surface area contributed by atoms with Gasteiger partial charge in [0.2, 0.25) is 0 Å². The minimum Gasteiger partial charge on any atom is -0.489 e. The summed E-state index contributed by atoms with van der Waals surface area (Å²) in [6.45, 7) is 3.55. The van der Waals surface area contributed by atoms with Crippen LogP contribution in [-0.2, 0) is 11.8 Å². The lowest BCUT2D eigenvalue weighted by molar-refractivity contribution is -0.133. The second kappa shape index (κ2) is 6.72. The molecule has 0 N–H and O–H groups in total. The van der Waals surface area contributed by atoms with E-state index in [1.54, 1.807) is 34.1 Å². The fourth-order valence-corrected chi connectivity index (χ4v) is 4.03. The quantitative estimate of drug-likeness (QED) is 0.697. The molecular weight excluding hydrogens is 402 g/mol. The first-order chi connectivity index (χ1) is 12.1. The molecule has 3 amide bonds. The van der Waals surface area contributed by atoms with Crippen LogP contribution in [0.15, 0.2) is 21.5 Å². The molecule has 2 aliphatic rings. The number of ether oxygens (including phenoxy) is 1. The Morgan fingerprint density at radius 3 is 2.27 bits per heavy atom. The third-order valence-corrected chi connectivity index (χ3v) is 6.12. The maximum atomic E-state index is 12.6. The largest absolute Gasteiger partial charge is 0.489 e. The predicted octanol–water partition coefficient (Wildman–Crippen LogP) is 2.51. The number of amides is 3. The van der Waals surface area contributed by atoms with Crippen LogP contribution in [0.25, 0.3) is 0 Å². The molecule has 0 unspecified atom stereocenters. The molecule has 142 valence electrons. The van der Waals surface area contributed by atoms with E-state index in [1.807, 2.05) is 0 Å². The molecule has 3 rings (SSSR count). The summed E-state index contributed by atoms with van der Waals surface area (Å²) in [7, 11) is 3.35. The number of pyridine rings is 1. The van der Waals surface area contributed by atoms with E-state index >= 15 is 0 Å². The number of urea groups is 1. The third-order valence-electron chi connectivity index (χ3n) is 5.52. The van der Waals surface area contributed by atoms with Crippen molar-refractivity contribution in [1.82, 2.24) is 14.4 Å². The summed E-state index contributed by atoms with van der Waals surface area (Å²) in [5.41, 5.74) is -0.922. The predicted molar refractivity (Wildman–Crippen MR) is 100 cm³/mol. The zero-order chi connectivity index (χ0) is 19.2. The highest BCUT2D eigenvalue weighted by atomic mass is 79.9. The molecule has 0 atom stereocenters. The average Bonchev–Trinajstić information content (AvgIpc) is 2.74. The van der Waals surface area contributed by atoms with E-state index < -0.39 is 5.54 Å². The van der Waals surface area contributed by atoms with Gasteiger partial charge < -0.3 is 14.2 Å². The number of likely N-dealkylation sites (N-methyl/N-ethyl adjacent to an activating group) is 1. The highest BCUT2D eigenvalue weighted by Crippen LogP contribution is 2.34. The van der Waals surface area contributed by atoms with Gasteiger partial charge in [-0.1, -0.05) is 0 Å². The first-order valence-corrected chi connectivity index (χ1v) is 9.56. The Bertz CT molecular complexity index is 796. The minimum atomic E-state index is -0.792. The van der Waals surface area contributed by atoms with Crippen molar-refractivity contribution in [2.24, 2.45) is 7.05 Å². The van der Waals surface area contributed by atoms with Gasteiger partial charge in [-0.15, -0.1) is 0 Å². The smallest absolute Gasteiger partial charge is 0.327 e. The molecule has 2 fully saturated rings. The molecule has 8 heteroatoms. The number of aromatic nitrogens is 1. The van der Waals surface area contributed by atoms with Gasteiger partial charge in [0.15, 0.2) is 0 Å². The van der Waals surface area contributed by atoms with Crippen molar-refractivity contribution in [3.05, 3.63) is 27.1 Å². The van der Waals surface area contributed by atoms with Crippen LogP contribution in [0.5, 0.6) is 5.75 Å². The topological polar surface area (TPSA) is 71.8 Å². The molecule has 1 saturated carbocycles. The van der Waals surface area contributed by atoms with Crippen LogP contribution < -0.4 is 10.3 Å². The van der Waals surface area contributed by atoms with E-state index in [4.69, 9.17) is 4.74 Å². The summed E-state index contributed by atoms with van der Waals surface area (Å²) < 4.78 is 8.20. The molecule has 0 spiro atoms. The number of aryl methyl sites for hydroxylation is 1. The highest BCUT2D eigenvalue weighted by molar-refractivity contribution is 9.10.